The quantitative estimate of drug-likeness (QED) is 0.548. The molecule has 0 amide bonds. The van der Waals surface area contributed by atoms with Crippen molar-refractivity contribution in [3.8, 4) is 0 Å². The molecule has 1 saturated heterocycles. The highest BCUT2D eigenvalue weighted by Crippen LogP contribution is 2.34. The van der Waals surface area contributed by atoms with Crippen LogP contribution in [-0.2, 0) is 6.54 Å². The largest absolute Gasteiger partial charge is 0.361 e. The van der Waals surface area contributed by atoms with Crippen LogP contribution in [0.1, 0.15) is 36.0 Å². The second-order valence-corrected chi connectivity index (χ2v) is 7.42. The van der Waals surface area contributed by atoms with E-state index in [-0.39, 0.29) is 11.9 Å². The normalized spacial score (nSPS) is 17.2. The van der Waals surface area contributed by atoms with E-state index >= 15 is 0 Å². The number of anilines is 2. The standard InChI is InChI=1S/C21H21FN6O/c1-14-10-18(25-29-14)12-27-9-3-6-19(27)21-20-8-7-17(13-28(20)26-24-21)23-16-5-2-4-15(22)11-16/h2,4-5,7-8,10-11,13,19,23H,3,6,9,12H2,1H3. The third-order valence-corrected chi connectivity index (χ3v) is 5.27. The molecule has 0 spiro atoms. The zero-order valence-electron chi connectivity index (χ0n) is 16.0. The highest BCUT2D eigenvalue weighted by Gasteiger charge is 2.30. The molecule has 1 unspecified atom stereocenters. The van der Waals surface area contributed by atoms with Gasteiger partial charge in [0.15, 0.2) is 0 Å². The summed E-state index contributed by atoms with van der Waals surface area (Å²) in [7, 11) is 0. The predicted molar refractivity (Wildman–Crippen MR) is 106 cm³/mol. The lowest BCUT2D eigenvalue weighted by Crippen LogP contribution is -2.23. The Morgan fingerprint density at radius 1 is 1.21 bits per heavy atom. The van der Waals surface area contributed by atoms with E-state index in [4.69, 9.17) is 4.52 Å². The molecule has 1 atom stereocenters. The number of hydrogen-bond acceptors (Lipinski definition) is 6. The van der Waals surface area contributed by atoms with Gasteiger partial charge in [-0.3, -0.25) is 4.90 Å². The van der Waals surface area contributed by atoms with E-state index in [0.717, 1.165) is 54.3 Å². The number of pyridine rings is 1. The molecule has 1 aromatic carbocycles. The van der Waals surface area contributed by atoms with Crippen LogP contribution in [0, 0.1) is 12.7 Å². The molecule has 1 aliphatic heterocycles. The van der Waals surface area contributed by atoms with Crippen LogP contribution in [-0.4, -0.2) is 31.4 Å². The molecule has 29 heavy (non-hydrogen) atoms. The minimum Gasteiger partial charge on any atom is -0.361 e. The molecule has 7 nitrogen and oxygen atoms in total. The van der Waals surface area contributed by atoms with Crippen molar-refractivity contribution in [1.29, 1.82) is 0 Å². The van der Waals surface area contributed by atoms with E-state index in [1.807, 2.05) is 37.4 Å². The summed E-state index contributed by atoms with van der Waals surface area (Å²) in [6.07, 6.45) is 4.02. The maximum Gasteiger partial charge on any atom is 0.133 e. The van der Waals surface area contributed by atoms with Gasteiger partial charge in [0.25, 0.3) is 0 Å². The van der Waals surface area contributed by atoms with Crippen molar-refractivity contribution in [2.45, 2.75) is 32.4 Å². The van der Waals surface area contributed by atoms with Crippen molar-refractivity contribution in [2.75, 3.05) is 11.9 Å². The van der Waals surface area contributed by atoms with E-state index < -0.39 is 0 Å². The van der Waals surface area contributed by atoms with Crippen LogP contribution in [0.3, 0.4) is 0 Å². The Morgan fingerprint density at radius 2 is 2.14 bits per heavy atom. The van der Waals surface area contributed by atoms with E-state index in [1.54, 1.807) is 10.6 Å². The summed E-state index contributed by atoms with van der Waals surface area (Å²) < 4.78 is 20.4. The van der Waals surface area contributed by atoms with Crippen LogP contribution in [0.4, 0.5) is 15.8 Å². The first-order chi connectivity index (χ1) is 14.2. The number of aromatic nitrogens is 4. The average Bonchev–Trinajstić information content (AvgIpc) is 3.42. The summed E-state index contributed by atoms with van der Waals surface area (Å²) >= 11 is 0. The van der Waals surface area contributed by atoms with Gasteiger partial charge in [-0.05, 0) is 56.6 Å². The second-order valence-electron chi connectivity index (χ2n) is 7.42. The number of nitrogens with zero attached hydrogens (tertiary/aromatic N) is 5. The Bertz CT molecular complexity index is 1150. The number of halogens is 1. The minimum atomic E-state index is -0.275. The number of rotatable bonds is 5. The van der Waals surface area contributed by atoms with Crippen LogP contribution >= 0.6 is 0 Å². The van der Waals surface area contributed by atoms with Gasteiger partial charge >= 0.3 is 0 Å². The zero-order valence-corrected chi connectivity index (χ0v) is 16.0. The lowest BCUT2D eigenvalue weighted by molar-refractivity contribution is 0.237. The van der Waals surface area contributed by atoms with Crippen molar-refractivity contribution in [2.24, 2.45) is 0 Å². The summed E-state index contributed by atoms with van der Waals surface area (Å²) in [5.41, 5.74) is 4.39. The van der Waals surface area contributed by atoms with Gasteiger partial charge in [-0.25, -0.2) is 8.91 Å². The molecule has 0 radical (unpaired) electrons. The molecular formula is C21H21FN6O. The third kappa shape index (κ3) is 3.58. The number of hydrogen-bond donors (Lipinski definition) is 1. The van der Waals surface area contributed by atoms with Gasteiger partial charge in [0.2, 0.25) is 0 Å². The number of likely N-dealkylation sites (tertiary alicyclic amines) is 1. The highest BCUT2D eigenvalue weighted by atomic mass is 19.1. The van der Waals surface area contributed by atoms with Gasteiger partial charge < -0.3 is 9.84 Å². The lowest BCUT2D eigenvalue weighted by Gasteiger charge is -2.21. The molecule has 0 saturated carbocycles. The van der Waals surface area contributed by atoms with Crippen LogP contribution in [0.5, 0.6) is 0 Å². The number of benzene rings is 1. The average molecular weight is 392 g/mol. The summed E-state index contributed by atoms with van der Waals surface area (Å²) in [6.45, 7) is 3.63. The van der Waals surface area contributed by atoms with Crippen LogP contribution in [0.15, 0.2) is 53.2 Å². The van der Waals surface area contributed by atoms with E-state index in [1.165, 1.54) is 12.1 Å². The molecule has 1 fully saturated rings. The fourth-order valence-corrected chi connectivity index (χ4v) is 3.98. The van der Waals surface area contributed by atoms with Crippen molar-refractivity contribution in [3.63, 3.8) is 0 Å². The Kier molecular flexibility index (Phi) is 4.48. The van der Waals surface area contributed by atoms with Gasteiger partial charge in [-0.1, -0.05) is 16.4 Å². The topological polar surface area (TPSA) is 71.5 Å². The van der Waals surface area contributed by atoms with E-state index in [9.17, 15) is 4.39 Å². The Balaban J connectivity index is 1.39. The summed E-state index contributed by atoms with van der Waals surface area (Å²) in [5, 5.41) is 16.1. The van der Waals surface area contributed by atoms with Gasteiger partial charge in [0.1, 0.15) is 17.3 Å². The summed E-state index contributed by atoms with van der Waals surface area (Å²) in [6, 6.07) is 12.5. The van der Waals surface area contributed by atoms with Gasteiger partial charge in [0.05, 0.1) is 29.1 Å². The molecule has 148 valence electrons. The summed E-state index contributed by atoms with van der Waals surface area (Å²) in [4.78, 5) is 2.38. The molecular weight excluding hydrogens is 371 g/mol. The van der Waals surface area contributed by atoms with E-state index in [2.05, 4.69) is 25.7 Å². The fraction of sp³-hybridized carbons (Fsp3) is 0.286. The molecule has 1 aliphatic rings. The molecule has 4 aromatic rings. The first-order valence-corrected chi connectivity index (χ1v) is 9.69. The van der Waals surface area contributed by atoms with Gasteiger partial charge in [-0.15, -0.1) is 5.10 Å². The second kappa shape index (κ2) is 7.29. The highest BCUT2D eigenvalue weighted by molar-refractivity contribution is 5.63. The molecule has 0 bridgehead atoms. The Labute approximate surface area is 167 Å². The zero-order chi connectivity index (χ0) is 19.8. The summed E-state index contributed by atoms with van der Waals surface area (Å²) in [5.74, 6) is 0.547. The van der Waals surface area contributed by atoms with Crippen molar-refractivity contribution in [3.05, 3.63) is 71.6 Å². The Morgan fingerprint density at radius 3 is 2.97 bits per heavy atom. The monoisotopic (exact) mass is 392 g/mol. The molecule has 4 heterocycles. The van der Waals surface area contributed by atoms with Gasteiger partial charge in [0, 0.05) is 18.3 Å². The molecule has 0 aliphatic carbocycles. The minimum absolute atomic E-state index is 0.200. The molecule has 1 N–H and O–H groups in total. The maximum atomic E-state index is 13.4. The number of aryl methyl sites for hydroxylation is 1. The van der Waals surface area contributed by atoms with Crippen LogP contribution in [0.25, 0.3) is 5.52 Å². The smallest absolute Gasteiger partial charge is 0.133 e. The van der Waals surface area contributed by atoms with Crippen molar-refractivity contribution in [1.82, 2.24) is 24.9 Å². The molecule has 8 heteroatoms. The number of nitrogens with one attached hydrogen (secondary N) is 1. The maximum absolute atomic E-state index is 13.4. The fourth-order valence-electron chi connectivity index (χ4n) is 3.98. The molecule has 5 rings (SSSR count). The Hall–Kier alpha value is -3.26. The third-order valence-electron chi connectivity index (χ3n) is 5.27. The van der Waals surface area contributed by atoms with E-state index in [0.29, 0.717) is 5.69 Å². The lowest BCUT2D eigenvalue weighted by atomic mass is 10.1. The first-order valence-electron chi connectivity index (χ1n) is 9.69. The predicted octanol–water partition coefficient (Wildman–Crippen LogP) is 4.25. The van der Waals surface area contributed by atoms with Gasteiger partial charge in [-0.2, -0.15) is 0 Å². The van der Waals surface area contributed by atoms with Crippen LogP contribution < -0.4 is 5.32 Å². The van der Waals surface area contributed by atoms with Crippen molar-refractivity contribution < 1.29 is 8.91 Å². The van der Waals surface area contributed by atoms with Crippen molar-refractivity contribution >= 4 is 16.9 Å². The first kappa shape index (κ1) is 17.8. The van der Waals surface area contributed by atoms with Crippen LogP contribution in [0.2, 0.25) is 0 Å². The SMILES string of the molecule is Cc1cc(CN2CCCC2c2nnn3cc(Nc4cccc(F)c4)ccc23)no1. The number of fused-ring (bicyclic) bond motifs is 1. The molecule has 3 aromatic heterocycles.